The fraction of sp³-hybridized carbons (Fsp3) is 0.825. The van der Waals surface area contributed by atoms with Gasteiger partial charge in [-0.25, -0.2) is 4.79 Å². The number of esters is 2. The van der Waals surface area contributed by atoms with Gasteiger partial charge in [-0.05, 0) is 94.4 Å². The second-order valence-corrected chi connectivity index (χ2v) is 19.1. The number of carbonyl (C=O) groups is 3. The van der Waals surface area contributed by atoms with Crippen molar-refractivity contribution in [2.75, 3.05) is 19.8 Å². The standard InChI is InChI=1S/C40H54N2O10/c1-36(2)31-30(45)32(46)38(4)27(39(31)17-49-29(44)15-28(39)51-36)7-9-37(3)33(50-35(47)34-40(37,38)52-34)23-8-10-48-26(23)14-22-12-21-11-20(24-16-41-18-42-24)6-5-19(21)13-25(22)43/h8,10,19-22,24-25,27-28,31-34,41-43,46H,5-7,9,11-18H2,1-4H3/t19-,20+,21+,22-,24-,25+,27+,28+,31-,32-,33+,34-,37+,38+,39+,40-/m1/s1. The Hall–Kier alpha value is -2.35. The van der Waals surface area contributed by atoms with Crippen LogP contribution in [-0.2, 0) is 39.8 Å². The largest absolute Gasteiger partial charge is 0.469 e. The van der Waals surface area contributed by atoms with Gasteiger partial charge in [0.2, 0.25) is 0 Å². The van der Waals surface area contributed by atoms with E-state index in [4.69, 9.17) is 23.4 Å². The number of furan rings is 1. The molecule has 1 aromatic rings. The Morgan fingerprint density at radius 2 is 1.75 bits per heavy atom. The van der Waals surface area contributed by atoms with Gasteiger partial charge in [0, 0.05) is 47.5 Å². The molecular formula is C40H54N2O10. The fourth-order valence-corrected chi connectivity index (χ4v) is 14.5. The number of epoxide rings is 1. The number of ketones is 1. The summed E-state index contributed by atoms with van der Waals surface area (Å²) in [5.41, 5.74) is -4.21. The van der Waals surface area contributed by atoms with Crippen LogP contribution in [0.25, 0.3) is 0 Å². The average molecular weight is 723 g/mol. The van der Waals surface area contributed by atoms with Crippen molar-refractivity contribution >= 4 is 17.7 Å². The third-order valence-corrected chi connectivity index (χ3v) is 16.7. The molecule has 16 atom stereocenters. The Morgan fingerprint density at radius 1 is 0.942 bits per heavy atom. The maximum absolute atomic E-state index is 14.6. The Morgan fingerprint density at radius 3 is 2.54 bits per heavy atom. The van der Waals surface area contributed by atoms with Crippen LogP contribution in [0.15, 0.2) is 16.7 Å². The molecule has 5 aliphatic heterocycles. The molecule has 0 amide bonds. The summed E-state index contributed by atoms with van der Waals surface area (Å²) in [6.45, 7) is 9.64. The van der Waals surface area contributed by atoms with Crippen LogP contribution in [0, 0.1) is 51.8 Å². The number of carbonyl (C=O) groups excluding carboxylic acids is 3. The van der Waals surface area contributed by atoms with Crippen LogP contribution in [0.4, 0.5) is 0 Å². The Kier molecular flexibility index (Phi) is 7.31. The van der Waals surface area contributed by atoms with E-state index in [1.165, 1.54) is 12.8 Å². The van der Waals surface area contributed by atoms with Gasteiger partial charge in [-0.1, -0.05) is 13.8 Å². The third-order valence-electron chi connectivity index (χ3n) is 16.7. The summed E-state index contributed by atoms with van der Waals surface area (Å²) in [5.74, 6) is 0.252. The van der Waals surface area contributed by atoms with Crippen LogP contribution >= 0.6 is 0 Å². The van der Waals surface area contributed by atoms with Crippen molar-refractivity contribution in [1.82, 2.24) is 10.6 Å². The van der Waals surface area contributed by atoms with Crippen LogP contribution in [0.3, 0.4) is 0 Å². The predicted octanol–water partition coefficient (Wildman–Crippen LogP) is 2.97. The average Bonchev–Trinajstić information content (AvgIpc) is 3.36. The van der Waals surface area contributed by atoms with Gasteiger partial charge in [-0.15, -0.1) is 0 Å². The number of fused-ring (bicyclic) bond motifs is 2. The molecule has 284 valence electrons. The van der Waals surface area contributed by atoms with Crippen LogP contribution in [0.5, 0.6) is 0 Å². The van der Waals surface area contributed by atoms with E-state index in [-0.39, 0.29) is 36.6 Å². The topological polar surface area (TPSA) is 169 Å². The number of nitrogens with one attached hydrogen (secondary N) is 2. The SMILES string of the molecule is CC1(C)O[C@H]2CC(=O)OC[C@@]23[C@@H]1C(=O)[C@@H](O)[C@]1(C)[C@@H]3CC[C@@]2(C)[C@H](c3ccoc3C[C@H]3C[C@@H]4C[C@@H]([C@H]5CNCN5)CC[C@@H]4C[C@@H]3O)OC(=O)[C@H]3O[C@@]312. The van der Waals surface area contributed by atoms with Crippen LogP contribution in [0.1, 0.15) is 96.5 Å². The maximum Gasteiger partial charge on any atom is 0.339 e. The summed E-state index contributed by atoms with van der Waals surface area (Å²) in [7, 11) is 0. The number of hydrogen-bond donors (Lipinski definition) is 4. The zero-order valence-electron chi connectivity index (χ0n) is 30.7. The number of rotatable bonds is 4. The lowest BCUT2D eigenvalue weighted by atomic mass is 9.36. The number of aliphatic hydroxyl groups is 2. The second kappa shape index (κ2) is 11.1. The molecule has 5 saturated heterocycles. The molecule has 4 aliphatic carbocycles. The smallest absolute Gasteiger partial charge is 0.339 e. The lowest BCUT2D eigenvalue weighted by Crippen LogP contribution is -2.76. The van der Waals surface area contributed by atoms with E-state index in [2.05, 4.69) is 17.6 Å². The van der Waals surface area contributed by atoms with Gasteiger partial charge in [-0.2, -0.15) is 0 Å². The first-order valence-corrected chi connectivity index (χ1v) is 19.9. The minimum atomic E-state index is -1.42. The lowest BCUT2D eigenvalue weighted by Gasteiger charge is -2.66. The molecule has 0 radical (unpaired) electrons. The third kappa shape index (κ3) is 4.17. The predicted molar refractivity (Wildman–Crippen MR) is 182 cm³/mol. The van der Waals surface area contributed by atoms with Gasteiger partial charge in [0.1, 0.15) is 30.2 Å². The highest BCUT2D eigenvalue weighted by atomic mass is 16.7. The molecule has 12 heteroatoms. The van der Waals surface area contributed by atoms with Gasteiger partial charge < -0.3 is 44.2 Å². The minimum Gasteiger partial charge on any atom is -0.469 e. The Bertz CT molecular complexity index is 1690. The first-order chi connectivity index (χ1) is 24.8. The van der Waals surface area contributed by atoms with Crippen LogP contribution in [-0.4, -0.2) is 89.4 Å². The molecular weight excluding hydrogens is 668 g/mol. The molecule has 4 saturated carbocycles. The highest BCUT2D eigenvalue weighted by molar-refractivity contribution is 5.92. The van der Waals surface area contributed by atoms with E-state index in [0.29, 0.717) is 48.8 Å². The number of Topliss-reactive ketones (excluding diaryl/α,β-unsaturated/α-hetero) is 1. The fourth-order valence-electron chi connectivity index (χ4n) is 14.5. The highest BCUT2D eigenvalue weighted by Gasteiger charge is 2.90. The second-order valence-electron chi connectivity index (χ2n) is 19.1. The van der Waals surface area contributed by atoms with E-state index >= 15 is 0 Å². The molecule has 9 fully saturated rings. The first-order valence-electron chi connectivity index (χ1n) is 19.9. The van der Waals surface area contributed by atoms with Crippen LogP contribution < -0.4 is 10.6 Å². The van der Waals surface area contributed by atoms with Crippen molar-refractivity contribution < 1.29 is 48.0 Å². The zero-order valence-corrected chi connectivity index (χ0v) is 30.7. The summed E-state index contributed by atoms with van der Waals surface area (Å²) in [6, 6.07) is 2.40. The van der Waals surface area contributed by atoms with Gasteiger partial charge in [-0.3, -0.25) is 9.59 Å². The molecule has 0 unspecified atom stereocenters. The molecule has 9 aliphatic rings. The number of hydrogen-bond acceptors (Lipinski definition) is 12. The Labute approximate surface area is 304 Å². The summed E-state index contributed by atoms with van der Waals surface area (Å²) >= 11 is 0. The van der Waals surface area contributed by atoms with Crippen molar-refractivity contribution in [3.63, 3.8) is 0 Å². The first kappa shape index (κ1) is 34.2. The molecule has 52 heavy (non-hydrogen) atoms. The molecule has 2 spiro atoms. The van der Waals surface area contributed by atoms with Gasteiger partial charge >= 0.3 is 11.9 Å². The minimum absolute atomic E-state index is 0.0179. The van der Waals surface area contributed by atoms with E-state index in [9.17, 15) is 24.6 Å². The summed E-state index contributed by atoms with van der Waals surface area (Å²) in [5, 5.41) is 30.8. The van der Waals surface area contributed by atoms with Gasteiger partial charge in [0.15, 0.2) is 11.9 Å². The monoisotopic (exact) mass is 722 g/mol. The Balaban J connectivity index is 0.973. The maximum atomic E-state index is 14.6. The zero-order chi connectivity index (χ0) is 36.2. The van der Waals surface area contributed by atoms with Crippen molar-refractivity contribution in [1.29, 1.82) is 0 Å². The van der Waals surface area contributed by atoms with Gasteiger partial charge in [0.25, 0.3) is 0 Å². The highest BCUT2D eigenvalue weighted by Crippen LogP contribution is 2.80. The number of cyclic esters (lactones) is 2. The molecule has 10 rings (SSSR count). The number of ether oxygens (including phenoxy) is 4. The van der Waals surface area contributed by atoms with E-state index in [1.54, 1.807) is 6.26 Å². The molecule has 0 aromatic carbocycles. The van der Waals surface area contributed by atoms with Crippen molar-refractivity contribution in [2.45, 2.75) is 133 Å². The van der Waals surface area contributed by atoms with Crippen molar-refractivity contribution in [3.8, 4) is 0 Å². The summed E-state index contributed by atoms with van der Waals surface area (Å²) in [6.07, 6.45) is 4.58. The molecule has 4 N–H and O–H groups in total. The normalized spacial score (nSPS) is 53.0. The summed E-state index contributed by atoms with van der Waals surface area (Å²) < 4.78 is 31.5. The van der Waals surface area contributed by atoms with E-state index < -0.39 is 69.9 Å². The lowest BCUT2D eigenvalue weighted by molar-refractivity contribution is -0.252. The molecule has 1 aromatic heterocycles. The number of aliphatic hydroxyl groups excluding tert-OH is 2. The quantitative estimate of drug-likeness (QED) is 0.265. The van der Waals surface area contributed by atoms with E-state index in [1.807, 2.05) is 26.8 Å². The molecule has 12 nitrogen and oxygen atoms in total. The van der Waals surface area contributed by atoms with Crippen molar-refractivity contribution in [3.05, 3.63) is 23.7 Å². The molecule has 0 bridgehead atoms. The van der Waals surface area contributed by atoms with Crippen LogP contribution in [0.2, 0.25) is 0 Å². The van der Waals surface area contributed by atoms with Gasteiger partial charge in [0.05, 0.1) is 36.4 Å². The van der Waals surface area contributed by atoms with E-state index in [0.717, 1.165) is 38.0 Å². The molecule has 6 heterocycles. The summed E-state index contributed by atoms with van der Waals surface area (Å²) in [4.78, 5) is 41.1. The van der Waals surface area contributed by atoms with Crippen molar-refractivity contribution in [2.24, 2.45) is 51.8 Å².